The summed E-state index contributed by atoms with van der Waals surface area (Å²) in [7, 11) is 0. The lowest BCUT2D eigenvalue weighted by atomic mass is 10.2. The summed E-state index contributed by atoms with van der Waals surface area (Å²) in [5, 5.41) is 0. The lowest BCUT2D eigenvalue weighted by molar-refractivity contribution is -0.166. The second-order valence-electron chi connectivity index (χ2n) is 4.91. The van der Waals surface area contributed by atoms with Crippen LogP contribution in [0.4, 0.5) is 0 Å². The summed E-state index contributed by atoms with van der Waals surface area (Å²) < 4.78 is 15.1. The van der Waals surface area contributed by atoms with E-state index in [2.05, 4.69) is 20.1 Å². The molecular formula is C17H30O4. The van der Waals surface area contributed by atoms with Gasteiger partial charge in [0, 0.05) is 20.0 Å². The van der Waals surface area contributed by atoms with Crippen molar-refractivity contribution in [1.29, 1.82) is 0 Å². The predicted octanol–water partition coefficient (Wildman–Crippen LogP) is 4.01. The number of carbonyl (C=O) groups is 1. The summed E-state index contributed by atoms with van der Waals surface area (Å²) >= 11 is 0. The molecule has 2 rings (SSSR count). The Labute approximate surface area is 129 Å². The highest BCUT2D eigenvalue weighted by atomic mass is 16.7. The van der Waals surface area contributed by atoms with Crippen LogP contribution in [0, 0.1) is 0 Å². The van der Waals surface area contributed by atoms with Gasteiger partial charge in [0.15, 0.2) is 0 Å². The first-order chi connectivity index (χ1) is 10.1. The molecule has 21 heavy (non-hydrogen) atoms. The SMILES string of the molecule is C=CCC.C=CCC1CCCO1.CC(=O)OC1CCCO1. The van der Waals surface area contributed by atoms with E-state index in [9.17, 15) is 4.79 Å². The van der Waals surface area contributed by atoms with Gasteiger partial charge in [-0.15, -0.1) is 13.2 Å². The third kappa shape index (κ3) is 12.3. The molecule has 2 heterocycles. The van der Waals surface area contributed by atoms with Crippen molar-refractivity contribution in [2.75, 3.05) is 13.2 Å². The van der Waals surface area contributed by atoms with Gasteiger partial charge in [-0.25, -0.2) is 0 Å². The van der Waals surface area contributed by atoms with Gasteiger partial charge in [-0.1, -0.05) is 19.1 Å². The van der Waals surface area contributed by atoms with Gasteiger partial charge in [0.1, 0.15) is 0 Å². The highest BCUT2D eigenvalue weighted by molar-refractivity contribution is 5.66. The molecule has 0 saturated carbocycles. The number of allylic oxidation sites excluding steroid dienone is 1. The van der Waals surface area contributed by atoms with Gasteiger partial charge >= 0.3 is 5.97 Å². The molecule has 2 unspecified atom stereocenters. The van der Waals surface area contributed by atoms with E-state index >= 15 is 0 Å². The molecule has 0 N–H and O–H groups in total. The first-order valence-corrected chi connectivity index (χ1v) is 7.76. The van der Waals surface area contributed by atoms with Gasteiger partial charge in [0.05, 0.1) is 12.7 Å². The van der Waals surface area contributed by atoms with Crippen molar-refractivity contribution < 1.29 is 19.0 Å². The minimum atomic E-state index is -0.262. The normalized spacial score (nSPS) is 23.1. The molecule has 0 bridgehead atoms. The Balaban J connectivity index is 0.000000308. The van der Waals surface area contributed by atoms with Crippen LogP contribution in [-0.2, 0) is 19.0 Å². The molecule has 0 aliphatic carbocycles. The molecule has 0 aromatic heterocycles. The number of hydrogen-bond acceptors (Lipinski definition) is 4. The fraction of sp³-hybridized carbons (Fsp3) is 0.706. The third-order valence-corrected chi connectivity index (χ3v) is 2.93. The van der Waals surface area contributed by atoms with E-state index in [1.54, 1.807) is 0 Å². The third-order valence-electron chi connectivity index (χ3n) is 2.93. The predicted molar refractivity (Wildman–Crippen MR) is 85.0 cm³/mol. The van der Waals surface area contributed by atoms with Crippen LogP contribution < -0.4 is 0 Å². The summed E-state index contributed by atoms with van der Waals surface area (Å²) in [5.74, 6) is -0.262. The Hall–Kier alpha value is -1.13. The van der Waals surface area contributed by atoms with Crippen molar-refractivity contribution in [3.05, 3.63) is 25.3 Å². The summed E-state index contributed by atoms with van der Waals surface area (Å²) in [4.78, 5) is 10.3. The zero-order valence-corrected chi connectivity index (χ0v) is 13.5. The smallest absolute Gasteiger partial charge is 0.304 e. The highest BCUT2D eigenvalue weighted by Crippen LogP contribution is 2.14. The standard InChI is InChI=1S/C7H12O.C6H10O3.C4H8/c1-2-4-7-5-3-6-8-7;1-5(7)9-6-3-2-4-8-6;1-3-4-2/h2,7H,1,3-6H2;6H,2-4H2,1H3;3H,1,4H2,2H3. The van der Waals surface area contributed by atoms with Gasteiger partial charge in [0.25, 0.3) is 0 Å². The van der Waals surface area contributed by atoms with Crippen molar-refractivity contribution in [3.63, 3.8) is 0 Å². The minimum Gasteiger partial charge on any atom is -0.436 e. The van der Waals surface area contributed by atoms with E-state index in [0.29, 0.717) is 6.10 Å². The first-order valence-electron chi connectivity index (χ1n) is 7.76. The van der Waals surface area contributed by atoms with Crippen molar-refractivity contribution in [2.45, 2.75) is 64.8 Å². The van der Waals surface area contributed by atoms with Gasteiger partial charge in [-0.05, 0) is 32.1 Å². The van der Waals surface area contributed by atoms with E-state index in [-0.39, 0.29) is 12.3 Å². The van der Waals surface area contributed by atoms with Crippen LogP contribution in [0.3, 0.4) is 0 Å². The molecule has 2 fully saturated rings. The van der Waals surface area contributed by atoms with Crippen molar-refractivity contribution in [1.82, 2.24) is 0 Å². The molecule has 2 aliphatic heterocycles. The van der Waals surface area contributed by atoms with Crippen molar-refractivity contribution in [2.24, 2.45) is 0 Å². The zero-order chi connectivity index (χ0) is 15.9. The van der Waals surface area contributed by atoms with Crippen LogP contribution in [0.5, 0.6) is 0 Å². The molecule has 0 spiro atoms. The van der Waals surface area contributed by atoms with Gasteiger partial charge in [0.2, 0.25) is 6.29 Å². The largest absolute Gasteiger partial charge is 0.436 e. The summed E-state index contributed by atoms with van der Waals surface area (Å²) in [5.41, 5.74) is 0. The fourth-order valence-electron chi connectivity index (χ4n) is 1.84. The summed E-state index contributed by atoms with van der Waals surface area (Å²) in [6, 6.07) is 0. The first kappa shape index (κ1) is 19.9. The van der Waals surface area contributed by atoms with Crippen LogP contribution in [0.2, 0.25) is 0 Å². The Bertz CT molecular complexity index is 277. The van der Waals surface area contributed by atoms with E-state index in [1.165, 1.54) is 19.8 Å². The average Bonchev–Trinajstić information content (AvgIpc) is 3.13. The highest BCUT2D eigenvalue weighted by Gasteiger charge is 2.17. The van der Waals surface area contributed by atoms with E-state index < -0.39 is 0 Å². The van der Waals surface area contributed by atoms with Crippen LogP contribution in [0.1, 0.15) is 52.4 Å². The maximum absolute atomic E-state index is 10.3. The number of carbonyl (C=O) groups excluding carboxylic acids is 1. The van der Waals surface area contributed by atoms with Crippen LogP contribution >= 0.6 is 0 Å². The van der Waals surface area contributed by atoms with Crippen molar-refractivity contribution >= 4 is 5.97 Å². The van der Waals surface area contributed by atoms with Gasteiger partial charge < -0.3 is 14.2 Å². The Morgan fingerprint density at radius 2 is 1.81 bits per heavy atom. The van der Waals surface area contributed by atoms with Crippen LogP contribution in [-0.4, -0.2) is 31.6 Å². The molecular weight excluding hydrogens is 268 g/mol. The maximum Gasteiger partial charge on any atom is 0.304 e. The van der Waals surface area contributed by atoms with E-state index in [1.807, 2.05) is 12.2 Å². The zero-order valence-electron chi connectivity index (χ0n) is 13.5. The second-order valence-corrected chi connectivity index (χ2v) is 4.91. The molecule has 0 aromatic rings. The number of rotatable bonds is 4. The molecule has 2 atom stereocenters. The van der Waals surface area contributed by atoms with Gasteiger partial charge in [-0.3, -0.25) is 4.79 Å². The summed E-state index contributed by atoms with van der Waals surface area (Å²) in [6.07, 6.45) is 10.5. The summed E-state index contributed by atoms with van der Waals surface area (Å²) in [6.45, 7) is 12.3. The van der Waals surface area contributed by atoms with E-state index in [0.717, 1.165) is 38.9 Å². The van der Waals surface area contributed by atoms with Crippen LogP contribution in [0.25, 0.3) is 0 Å². The minimum absolute atomic E-state index is 0.262. The Morgan fingerprint density at radius 1 is 1.19 bits per heavy atom. The number of ether oxygens (including phenoxy) is 3. The topological polar surface area (TPSA) is 44.8 Å². The molecule has 2 aliphatic rings. The lowest BCUT2D eigenvalue weighted by Gasteiger charge is -2.07. The average molecular weight is 298 g/mol. The maximum atomic E-state index is 10.3. The molecule has 0 amide bonds. The van der Waals surface area contributed by atoms with Crippen molar-refractivity contribution in [3.8, 4) is 0 Å². The van der Waals surface area contributed by atoms with E-state index in [4.69, 9.17) is 14.2 Å². The molecule has 4 nitrogen and oxygen atoms in total. The molecule has 122 valence electrons. The molecule has 4 heteroatoms. The second kappa shape index (κ2) is 13.8. The lowest BCUT2D eigenvalue weighted by Crippen LogP contribution is -2.13. The molecule has 2 saturated heterocycles. The number of hydrogen-bond donors (Lipinski definition) is 0. The monoisotopic (exact) mass is 298 g/mol. The molecule has 0 aromatic carbocycles. The molecule has 0 radical (unpaired) electrons. The quantitative estimate of drug-likeness (QED) is 0.581. The van der Waals surface area contributed by atoms with Crippen LogP contribution in [0.15, 0.2) is 25.3 Å². The van der Waals surface area contributed by atoms with Gasteiger partial charge in [-0.2, -0.15) is 0 Å². The Kier molecular flexibility index (Phi) is 13.1. The number of esters is 1. The Morgan fingerprint density at radius 3 is 2.19 bits per heavy atom. The fourth-order valence-corrected chi connectivity index (χ4v) is 1.84.